The highest BCUT2D eigenvalue weighted by molar-refractivity contribution is 7.99. The van der Waals surface area contributed by atoms with E-state index in [1.165, 1.54) is 17.8 Å². The Hall–Kier alpha value is -1.54. The Morgan fingerprint density at radius 1 is 1.38 bits per heavy atom. The first-order chi connectivity index (χ1) is 11.6. The predicted octanol–water partition coefficient (Wildman–Crippen LogP) is 1.48. The average molecular weight is 373 g/mol. The van der Waals surface area contributed by atoms with Crippen molar-refractivity contribution in [2.45, 2.75) is 18.5 Å². The molecule has 2 aromatic heterocycles. The summed E-state index contributed by atoms with van der Waals surface area (Å²) in [6.07, 6.45) is 2.91. The molecular weight excluding hydrogens is 354 g/mol. The minimum absolute atomic E-state index is 0.00982. The molecule has 0 atom stereocenters. The molecule has 8 nitrogen and oxygen atoms in total. The zero-order valence-electron chi connectivity index (χ0n) is 13.5. The molecule has 2 heterocycles. The Kier molecular flexibility index (Phi) is 7.11. The summed E-state index contributed by atoms with van der Waals surface area (Å²) in [5, 5.41) is 4.36. The number of ether oxygens (including phenoxy) is 2. The molecule has 0 aliphatic rings. The summed E-state index contributed by atoms with van der Waals surface area (Å²) >= 11 is 1.26. The second-order valence-electron chi connectivity index (χ2n) is 4.69. The smallest absolute Gasteiger partial charge is 0.256 e. The van der Waals surface area contributed by atoms with Gasteiger partial charge in [0.15, 0.2) is 5.76 Å². The molecule has 0 N–H and O–H groups in total. The maximum atomic E-state index is 12.4. The molecule has 2 rings (SSSR count). The Morgan fingerprint density at radius 3 is 2.88 bits per heavy atom. The lowest BCUT2D eigenvalue weighted by Crippen LogP contribution is -2.19. The Balaban J connectivity index is 2.12. The molecule has 0 aliphatic carbocycles. The van der Waals surface area contributed by atoms with Crippen LogP contribution in [-0.2, 0) is 19.5 Å². The van der Waals surface area contributed by atoms with Crippen molar-refractivity contribution in [1.82, 2.24) is 14.2 Å². The molecular formula is C14H19N3O5S2. The summed E-state index contributed by atoms with van der Waals surface area (Å²) in [4.78, 5) is 4.26. The zero-order chi connectivity index (χ0) is 17.4. The normalized spacial score (nSPS) is 11.6. The van der Waals surface area contributed by atoms with E-state index in [2.05, 4.69) is 22.4 Å². The van der Waals surface area contributed by atoms with Crippen molar-refractivity contribution in [3.8, 4) is 11.6 Å². The van der Waals surface area contributed by atoms with Crippen LogP contribution in [0, 0.1) is 12.3 Å². The fourth-order valence-corrected chi connectivity index (χ4v) is 4.11. The molecule has 0 aromatic carbocycles. The third kappa shape index (κ3) is 4.98. The molecule has 0 bridgehead atoms. The van der Waals surface area contributed by atoms with E-state index in [-0.39, 0.29) is 16.7 Å². The minimum Gasteiger partial charge on any atom is -0.402 e. The lowest BCUT2D eigenvalue weighted by atomic mass is 10.4. The van der Waals surface area contributed by atoms with Gasteiger partial charge in [-0.05, 0) is 12.5 Å². The number of nitrogens with zero attached hydrogens (tertiary/aromatic N) is 3. The fourth-order valence-electron chi connectivity index (χ4n) is 1.76. The molecule has 10 heteroatoms. The van der Waals surface area contributed by atoms with Crippen molar-refractivity contribution in [2.75, 3.05) is 38.4 Å². The second-order valence-corrected chi connectivity index (χ2v) is 7.67. The maximum absolute atomic E-state index is 12.4. The van der Waals surface area contributed by atoms with Crippen LogP contribution in [0.4, 0.5) is 0 Å². The lowest BCUT2D eigenvalue weighted by Gasteiger charge is -2.06. The van der Waals surface area contributed by atoms with Crippen molar-refractivity contribution < 1.29 is 22.3 Å². The third-order valence-electron chi connectivity index (χ3n) is 2.81. The highest BCUT2D eigenvalue weighted by Gasteiger charge is 2.23. The van der Waals surface area contributed by atoms with Gasteiger partial charge in [0.2, 0.25) is 11.0 Å². The zero-order valence-corrected chi connectivity index (χ0v) is 15.2. The van der Waals surface area contributed by atoms with Crippen LogP contribution in [-0.4, -0.2) is 61.0 Å². The molecule has 0 amide bonds. The minimum atomic E-state index is -3.56. The van der Waals surface area contributed by atoms with Crippen LogP contribution in [0.15, 0.2) is 15.6 Å². The summed E-state index contributed by atoms with van der Waals surface area (Å²) in [7, 11) is -1.96. The van der Waals surface area contributed by atoms with Crippen LogP contribution in [0.2, 0.25) is 0 Å². The van der Waals surface area contributed by atoms with E-state index >= 15 is 0 Å². The highest BCUT2D eigenvalue weighted by Crippen LogP contribution is 2.23. The molecule has 0 saturated heterocycles. The van der Waals surface area contributed by atoms with Gasteiger partial charge in [0, 0.05) is 18.9 Å². The largest absolute Gasteiger partial charge is 0.402 e. The van der Waals surface area contributed by atoms with E-state index in [0.717, 1.165) is 4.09 Å². The number of thioether (sulfide) groups is 1. The first-order valence-corrected chi connectivity index (χ1v) is 9.95. The molecule has 0 aliphatic heterocycles. The van der Waals surface area contributed by atoms with Crippen LogP contribution in [0.25, 0.3) is 11.6 Å². The van der Waals surface area contributed by atoms with Crippen LogP contribution in [0.3, 0.4) is 0 Å². The quantitative estimate of drug-likeness (QED) is 0.432. The number of hydrogen-bond donors (Lipinski definition) is 0. The van der Waals surface area contributed by atoms with Gasteiger partial charge in [-0.1, -0.05) is 18.7 Å². The molecule has 0 unspecified atom stereocenters. The van der Waals surface area contributed by atoms with Gasteiger partial charge in [-0.15, -0.1) is 9.19 Å². The predicted molar refractivity (Wildman–Crippen MR) is 88.3 cm³/mol. The van der Waals surface area contributed by atoms with Crippen LogP contribution < -0.4 is 0 Å². The van der Waals surface area contributed by atoms with E-state index in [0.29, 0.717) is 37.8 Å². The van der Waals surface area contributed by atoms with Crippen LogP contribution in [0.1, 0.15) is 13.3 Å². The van der Waals surface area contributed by atoms with Crippen molar-refractivity contribution in [2.24, 2.45) is 0 Å². The van der Waals surface area contributed by atoms with Crippen molar-refractivity contribution >= 4 is 21.8 Å². The van der Waals surface area contributed by atoms with Gasteiger partial charge < -0.3 is 13.9 Å². The number of aromatic nitrogens is 3. The summed E-state index contributed by atoms with van der Waals surface area (Å²) in [5.74, 6) is 1.04. The van der Waals surface area contributed by atoms with Gasteiger partial charge in [0.1, 0.15) is 6.26 Å². The Labute approximate surface area is 145 Å². The molecule has 24 heavy (non-hydrogen) atoms. The van der Waals surface area contributed by atoms with E-state index in [1.807, 2.05) is 0 Å². The standard InChI is InChI=1S/C14H19N3O5S2/c1-3-11-24(18,19)17-14(23-10-9-21-8-7-20-2)15-13(16-17)12-5-4-6-22-12/h5H,3,7-11H2,1-2H3. The summed E-state index contributed by atoms with van der Waals surface area (Å²) in [6, 6.07) is 4.13. The monoisotopic (exact) mass is 373 g/mol. The average Bonchev–Trinajstić information content (AvgIpc) is 3.20. The topological polar surface area (TPSA) is 96.5 Å². The van der Waals surface area contributed by atoms with E-state index < -0.39 is 10.0 Å². The number of methoxy groups -OCH3 is 1. The highest BCUT2D eigenvalue weighted by atomic mass is 32.2. The first kappa shape index (κ1) is 18.8. The van der Waals surface area contributed by atoms with Gasteiger partial charge in [-0.3, -0.25) is 0 Å². The summed E-state index contributed by atoms with van der Waals surface area (Å²) in [6.45, 7) is 3.25. The number of rotatable bonds is 11. The van der Waals surface area contributed by atoms with Crippen LogP contribution >= 0.6 is 11.8 Å². The Bertz CT molecular complexity index is 713. The van der Waals surface area contributed by atoms with Gasteiger partial charge in [0.25, 0.3) is 10.0 Å². The van der Waals surface area contributed by atoms with Gasteiger partial charge >= 0.3 is 0 Å². The van der Waals surface area contributed by atoms with Crippen molar-refractivity contribution in [1.29, 1.82) is 0 Å². The molecule has 0 radical (unpaired) electrons. The molecule has 0 fully saturated rings. The second kappa shape index (κ2) is 9.08. The van der Waals surface area contributed by atoms with Crippen LogP contribution in [0.5, 0.6) is 0 Å². The van der Waals surface area contributed by atoms with E-state index in [9.17, 15) is 8.42 Å². The first-order valence-electron chi connectivity index (χ1n) is 7.36. The number of hydrogen-bond acceptors (Lipinski definition) is 8. The van der Waals surface area contributed by atoms with E-state index in [4.69, 9.17) is 13.9 Å². The molecule has 132 valence electrons. The molecule has 2 aromatic rings. The lowest BCUT2D eigenvalue weighted by molar-refractivity contribution is 0.0790. The molecule has 0 saturated carbocycles. The van der Waals surface area contributed by atoms with Crippen molar-refractivity contribution in [3.05, 3.63) is 18.4 Å². The maximum Gasteiger partial charge on any atom is 0.256 e. The third-order valence-corrected chi connectivity index (χ3v) is 5.52. The van der Waals surface area contributed by atoms with Crippen molar-refractivity contribution in [3.63, 3.8) is 0 Å². The van der Waals surface area contributed by atoms with Gasteiger partial charge in [-0.2, -0.15) is 4.98 Å². The van der Waals surface area contributed by atoms with E-state index in [1.54, 1.807) is 14.0 Å². The summed E-state index contributed by atoms with van der Waals surface area (Å²) in [5.41, 5.74) is 0. The van der Waals surface area contributed by atoms with Gasteiger partial charge in [-0.25, -0.2) is 8.42 Å². The Morgan fingerprint density at radius 2 is 2.21 bits per heavy atom. The molecule has 0 spiro atoms. The fraction of sp³-hybridized carbons (Fsp3) is 0.571. The summed E-state index contributed by atoms with van der Waals surface area (Å²) < 4.78 is 41.0. The SMILES string of the molecule is CCCS(=O)(=O)n1nc(-c2cc#co2)nc1SCCOCCOC. The van der Waals surface area contributed by atoms with Gasteiger partial charge in [0.05, 0.1) is 25.6 Å².